The van der Waals surface area contributed by atoms with Crippen molar-refractivity contribution in [2.24, 2.45) is 5.14 Å². The highest BCUT2D eigenvalue weighted by Crippen LogP contribution is 2.26. The minimum atomic E-state index is -3.76. The number of nitrogens with two attached hydrogens (primary N) is 1. The Morgan fingerprint density at radius 1 is 1.06 bits per heavy atom. The van der Waals surface area contributed by atoms with Gasteiger partial charge in [0.1, 0.15) is 0 Å². The highest BCUT2D eigenvalue weighted by molar-refractivity contribution is 7.89. The van der Waals surface area contributed by atoms with E-state index in [1.807, 2.05) is 4.90 Å². The molecule has 0 aromatic heterocycles. The first-order valence-corrected chi connectivity index (χ1v) is 12.3. The Morgan fingerprint density at radius 2 is 1.78 bits per heavy atom. The molecule has 2 amide bonds. The second-order valence-corrected chi connectivity index (χ2v) is 9.94. The first-order chi connectivity index (χ1) is 15.1. The number of piperidine rings is 1. The second-order valence-electron chi connectivity index (χ2n) is 7.57. The van der Waals surface area contributed by atoms with Gasteiger partial charge in [-0.2, -0.15) is 0 Å². The number of anilines is 1. The van der Waals surface area contributed by atoms with Crippen LogP contribution in [0.15, 0.2) is 47.4 Å². The summed E-state index contributed by atoms with van der Waals surface area (Å²) < 4.78 is 22.6. The van der Waals surface area contributed by atoms with E-state index in [-0.39, 0.29) is 29.8 Å². The van der Waals surface area contributed by atoms with Crippen LogP contribution >= 0.6 is 23.2 Å². The first-order valence-electron chi connectivity index (χ1n) is 10.0. The molecule has 3 rings (SSSR count). The number of hydrogen-bond acceptors (Lipinski definition) is 5. The van der Waals surface area contributed by atoms with Gasteiger partial charge >= 0.3 is 0 Å². The normalized spacial score (nSPS) is 17.0. The van der Waals surface area contributed by atoms with Gasteiger partial charge in [0.05, 0.1) is 27.5 Å². The van der Waals surface area contributed by atoms with Gasteiger partial charge in [0, 0.05) is 12.2 Å². The van der Waals surface area contributed by atoms with E-state index in [0.717, 1.165) is 18.4 Å². The summed E-state index contributed by atoms with van der Waals surface area (Å²) in [5.41, 5.74) is 1.28. The minimum absolute atomic E-state index is 0.0109. The van der Waals surface area contributed by atoms with Crippen molar-refractivity contribution in [3.05, 3.63) is 58.1 Å². The molecule has 0 aliphatic carbocycles. The molecule has 11 heteroatoms. The molecule has 0 spiro atoms. The SMILES string of the molecule is NS(=O)(=O)c1ccc(CNC(=O)CN2CCCCC2C(=O)Nc2ccc(Cl)c(Cl)c2)cc1. The Labute approximate surface area is 197 Å². The second kappa shape index (κ2) is 10.6. The number of nitrogens with zero attached hydrogens (tertiary/aromatic N) is 1. The number of amides is 2. The Bertz CT molecular complexity index is 1090. The zero-order valence-corrected chi connectivity index (χ0v) is 19.5. The van der Waals surface area contributed by atoms with Crippen LogP contribution < -0.4 is 15.8 Å². The molecule has 2 aromatic carbocycles. The molecule has 1 saturated heterocycles. The van der Waals surface area contributed by atoms with Crippen molar-refractivity contribution in [1.29, 1.82) is 0 Å². The average Bonchev–Trinajstić information content (AvgIpc) is 2.75. The van der Waals surface area contributed by atoms with Crippen LogP contribution in [0.2, 0.25) is 10.0 Å². The van der Waals surface area contributed by atoms with E-state index in [2.05, 4.69) is 10.6 Å². The third-order valence-corrected chi connectivity index (χ3v) is 6.86. The topological polar surface area (TPSA) is 122 Å². The van der Waals surface area contributed by atoms with E-state index in [0.29, 0.717) is 28.7 Å². The van der Waals surface area contributed by atoms with Gasteiger partial charge in [-0.25, -0.2) is 13.6 Å². The molecular formula is C21H24Cl2N4O4S. The summed E-state index contributed by atoms with van der Waals surface area (Å²) >= 11 is 11.9. The van der Waals surface area contributed by atoms with E-state index in [1.54, 1.807) is 30.3 Å². The summed E-state index contributed by atoms with van der Waals surface area (Å²) in [5, 5.41) is 11.5. The van der Waals surface area contributed by atoms with E-state index in [4.69, 9.17) is 28.3 Å². The van der Waals surface area contributed by atoms with Crippen molar-refractivity contribution in [2.75, 3.05) is 18.4 Å². The number of benzene rings is 2. The Balaban J connectivity index is 1.56. The van der Waals surface area contributed by atoms with Crippen molar-refractivity contribution in [2.45, 2.75) is 36.7 Å². The summed E-state index contributed by atoms with van der Waals surface area (Å²) in [6.07, 6.45) is 2.45. The zero-order valence-electron chi connectivity index (χ0n) is 17.2. The number of sulfonamides is 1. The molecule has 1 fully saturated rings. The fraction of sp³-hybridized carbons (Fsp3) is 0.333. The average molecular weight is 499 g/mol. The lowest BCUT2D eigenvalue weighted by Gasteiger charge is -2.34. The highest BCUT2D eigenvalue weighted by atomic mass is 35.5. The number of hydrogen-bond donors (Lipinski definition) is 3. The molecule has 1 atom stereocenters. The maximum absolute atomic E-state index is 12.8. The van der Waals surface area contributed by atoms with Crippen LogP contribution in [0.25, 0.3) is 0 Å². The quantitative estimate of drug-likeness (QED) is 0.541. The predicted octanol–water partition coefficient (Wildman–Crippen LogP) is 2.75. The van der Waals surface area contributed by atoms with Gasteiger partial charge in [-0.15, -0.1) is 0 Å². The number of nitrogens with one attached hydrogen (secondary N) is 2. The molecule has 0 radical (unpaired) electrons. The third-order valence-electron chi connectivity index (χ3n) is 5.19. The molecule has 1 aliphatic heterocycles. The number of likely N-dealkylation sites (tertiary alicyclic amines) is 1. The maximum Gasteiger partial charge on any atom is 0.241 e. The van der Waals surface area contributed by atoms with Crippen molar-refractivity contribution < 1.29 is 18.0 Å². The number of rotatable bonds is 7. The third kappa shape index (κ3) is 6.66. The van der Waals surface area contributed by atoms with Gasteiger partial charge in [-0.3, -0.25) is 14.5 Å². The first kappa shape index (κ1) is 24.5. The molecule has 1 unspecified atom stereocenters. The molecule has 32 heavy (non-hydrogen) atoms. The van der Waals surface area contributed by atoms with Crippen LogP contribution in [0.1, 0.15) is 24.8 Å². The van der Waals surface area contributed by atoms with Gasteiger partial charge in [0.25, 0.3) is 0 Å². The summed E-state index contributed by atoms with van der Waals surface area (Å²) in [5.74, 6) is -0.427. The van der Waals surface area contributed by atoms with Crippen molar-refractivity contribution in [3.8, 4) is 0 Å². The Kier molecular flexibility index (Phi) is 8.13. The maximum atomic E-state index is 12.8. The van der Waals surface area contributed by atoms with Crippen LogP contribution in [0.3, 0.4) is 0 Å². The summed E-state index contributed by atoms with van der Waals surface area (Å²) in [6, 6.07) is 10.4. The Morgan fingerprint density at radius 3 is 2.44 bits per heavy atom. The van der Waals surface area contributed by atoms with E-state index >= 15 is 0 Å². The predicted molar refractivity (Wildman–Crippen MR) is 124 cm³/mol. The van der Waals surface area contributed by atoms with Gasteiger partial charge in [-0.1, -0.05) is 41.8 Å². The standard InChI is InChI=1S/C21H24Cl2N4O4S/c22-17-9-6-15(11-18(17)23)26-21(29)19-3-1-2-10-27(19)13-20(28)25-12-14-4-7-16(8-5-14)32(24,30)31/h4-9,11,19H,1-3,10,12-13H2,(H,25,28)(H,26,29)(H2,24,30,31). The zero-order chi connectivity index (χ0) is 23.3. The van der Waals surface area contributed by atoms with Crippen LogP contribution in [0, 0.1) is 0 Å². The largest absolute Gasteiger partial charge is 0.351 e. The van der Waals surface area contributed by atoms with Crippen LogP contribution in [0.5, 0.6) is 0 Å². The number of halogens is 2. The summed E-state index contributed by atoms with van der Waals surface area (Å²) in [6.45, 7) is 0.947. The van der Waals surface area contributed by atoms with Gasteiger partial charge in [0.2, 0.25) is 21.8 Å². The minimum Gasteiger partial charge on any atom is -0.351 e. The number of carbonyl (C=O) groups excluding carboxylic acids is 2. The number of carbonyl (C=O) groups is 2. The fourth-order valence-corrected chi connectivity index (χ4v) is 4.33. The van der Waals surface area contributed by atoms with Gasteiger partial charge in [0.15, 0.2) is 0 Å². The molecule has 2 aromatic rings. The smallest absolute Gasteiger partial charge is 0.241 e. The van der Waals surface area contributed by atoms with E-state index in [1.165, 1.54) is 12.1 Å². The molecular weight excluding hydrogens is 475 g/mol. The van der Waals surface area contributed by atoms with Gasteiger partial charge in [-0.05, 0) is 55.3 Å². The van der Waals surface area contributed by atoms with Crippen LogP contribution in [-0.4, -0.2) is 44.3 Å². The van der Waals surface area contributed by atoms with Crippen molar-refractivity contribution >= 4 is 50.7 Å². The lowest BCUT2D eigenvalue weighted by Crippen LogP contribution is -2.50. The highest BCUT2D eigenvalue weighted by Gasteiger charge is 2.30. The molecule has 1 aliphatic rings. The number of primary sulfonamides is 1. The van der Waals surface area contributed by atoms with Crippen LogP contribution in [0.4, 0.5) is 5.69 Å². The molecule has 4 N–H and O–H groups in total. The monoisotopic (exact) mass is 498 g/mol. The summed E-state index contributed by atoms with van der Waals surface area (Å²) in [7, 11) is -3.76. The van der Waals surface area contributed by atoms with E-state index < -0.39 is 16.1 Å². The van der Waals surface area contributed by atoms with E-state index in [9.17, 15) is 18.0 Å². The molecule has 1 heterocycles. The summed E-state index contributed by atoms with van der Waals surface area (Å²) in [4.78, 5) is 27.2. The molecule has 172 valence electrons. The van der Waals surface area contributed by atoms with Gasteiger partial charge < -0.3 is 10.6 Å². The van der Waals surface area contributed by atoms with Crippen molar-refractivity contribution in [1.82, 2.24) is 10.2 Å². The molecule has 0 bridgehead atoms. The molecule has 0 saturated carbocycles. The fourth-order valence-electron chi connectivity index (χ4n) is 3.51. The van der Waals surface area contributed by atoms with Crippen LogP contribution in [-0.2, 0) is 26.2 Å². The Hall–Kier alpha value is -2.17. The lowest BCUT2D eigenvalue weighted by molar-refractivity contribution is -0.127. The molecule has 8 nitrogen and oxygen atoms in total. The van der Waals surface area contributed by atoms with Crippen molar-refractivity contribution in [3.63, 3.8) is 0 Å². The lowest BCUT2D eigenvalue weighted by atomic mass is 10.0.